The molecule has 8 heteroatoms. The largest absolute Gasteiger partial charge is 0.456 e. The topological polar surface area (TPSA) is 99.9 Å². The van der Waals surface area contributed by atoms with Crippen LogP contribution in [0.15, 0.2) is 46.9 Å². The number of urea groups is 1. The summed E-state index contributed by atoms with van der Waals surface area (Å²) in [5.74, 6) is -2.45. The fraction of sp³-hybridized carbons (Fsp3) is 0.200. The van der Waals surface area contributed by atoms with E-state index >= 15 is 0 Å². The van der Waals surface area contributed by atoms with Crippen molar-refractivity contribution in [2.45, 2.75) is 13.3 Å². The molecule has 0 radical (unpaired) electrons. The number of nitrogens with one attached hydrogen (secondary N) is 1. The number of imide groups is 2. The molecule has 0 aliphatic carbocycles. The zero-order valence-corrected chi connectivity index (χ0v) is 15.1. The SMILES string of the molecule is CCCN1C(=O)C(=O)N(CC(=O)Nc2ccc3oc4ccccc4c3c2)C1=O. The number of fused-ring (bicyclic) bond motifs is 3. The molecule has 4 rings (SSSR count). The summed E-state index contributed by atoms with van der Waals surface area (Å²) in [4.78, 5) is 50.0. The van der Waals surface area contributed by atoms with Crippen molar-refractivity contribution in [3.8, 4) is 0 Å². The third-order valence-corrected chi connectivity index (χ3v) is 4.54. The van der Waals surface area contributed by atoms with E-state index in [2.05, 4.69) is 5.32 Å². The third-order valence-electron chi connectivity index (χ3n) is 4.54. The van der Waals surface area contributed by atoms with Crippen molar-refractivity contribution in [1.29, 1.82) is 0 Å². The van der Waals surface area contributed by atoms with E-state index in [1.54, 1.807) is 25.1 Å². The van der Waals surface area contributed by atoms with Crippen LogP contribution in [0.4, 0.5) is 10.5 Å². The van der Waals surface area contributed by atoms with E-state index in [0.29, 0.717) is 22.6 Å². The van der Waals surface area contributed by atoms with Gasteiger partial charge in [-0.25, -0.2) is 9.69 Å². The Labute approximate surface area is 159 Å². The first-order valence-corrected chi connectivity index (χ1v) is 8.88. The van der Waals surface area contributed by atoms with Crippen molar-refractivity contribution in [3.63, 3.8) is 0 Å². The number of hydrogen-bond acceptors (Lipinski definition) is 5. The summed E-state index contributed by atoms with van der Waals surface area (Å²) in [6.45, 7) is 1.41. The number of para-hydroxylation sites is 1. The van der Waals surface area contributed by atoms with Crippen LogP contribution >= 0.6 is 0 Å². The van der Waals surface area contributed by atoms with Crippen molar-refractivity contribution >= 4 is 51.4 Å². The van der Waals surface area contributed by atoms with E-state index in [1.807, 2.05) is 24.3 Å². The van der Waals surface area contributed by atoms with Crippen LogP contribution in [-0.2, 0) is 14.4 Å². The third kappa shape index (κ3) is 2.88. The van der Waals surface area contributed by atoms with Crippen LogP contribution in [0.1, 0.15) is 13.3 Å². The molecular formula is C20H17N3O5. The lowest BCUT2D eigenvalue weighted by atomic mass is 10.1. The van der Waals surface area contributed by atoms with E-state index < -0.39 is 30.3 Å². The summed E-state index contributed by atoms with van der Waals surface area (Å²) in [5, 5.41) is 4.42. The van der Waals surface area contributed by atoms with Crippen molar-refractivity contribution in [3.05, 3.63) is 42.5 Å². The standard InChI is InChI=1S/C20H17N3O5/c1-2-9-22-18(25)19(26)23(20(22)27)11-17(24)21-12-7-8-16-14(10-12)13-5-3-4-6-15(13)28-16/h3-8,10H,2,9,11H2,1H3,(H,21,24). The first kappa shape index (κ1) is 17.7. The number of carbonyl (C=O) groups excluding carboxylic acids is 4. The van der Waals surface area contributed by atoms with Crippen molar-refractivity contribution in [2.24, 2.45) is 0 Å². The number of benzene rings is 2. The number of rotatable bonds is 5. The highest BCUT2D eigenvalue weighted by Crippen LogP contribution is 2.30. The van der Waals surface area contributed by atoms with E-state index in [-0.39, 0.29) is 6.54 Å². The van der Waals surface area contributed by atoms with E-state index in [0.717, 1.165) is 21.3 Å². The highest BCUT2D eigenvalue weighted by molar-refractivity contribution is 6.45. The molecule has 8 nitrogen and oxygen atoms in total. The molecule has 5 amide bonds. The minimum atomic E-state index is -0.982. The van der Waals surface area contributed by atoms with Gasteiger partial charge in [0.1, 0.15) is 17.7 Å². The number of hydrogen-bond donors (Lipinski definition) is 1. The first-order chi connectivity index (χ1) is 13.5. The Morgan fingerprint density at radius 2 is 1.68 bits per heavy atom. The number of furan rings is 1. The van der Waals surface area contributed by atoms with Gasteiger partial charge in [0.25, 0.3) is 0 Å². The Bertz CT molecular complexity index is 1130. The van der Waals surface area contributed by atoms with Crippen LogP contribution in [0.2, 0.25) is 0 Å². The van der Waals surface area contributed by atoms with Gasteiger partial charge in [-0.15, -0.1) is 0 Å². The molecule has 2 heterocycles. The van der Waals surface area contributed by atoms with Gasteiger partial charge in [0.2, 0.25) is 5.91 Å². The van der Waals surface area contributed by atoms with E-state index in [4.69, 9.17) is 4.42 Å². The Kier molecular flexibility index (Phi) is 4.31. The molecule has 1 saturated heterocycles. The second kappa shape index (κ2) is 6.80. The fourth-order valence-electron chi connectivity index (χ4n) is 3.26. The average Bonchev–Trinajstić information content (AvgIpc) is 3.14. The molecule has 1 fully saturated rings. The summed E-state index contributed by atoms with van der Waals surface area (Å²) >= 11 is 0. The van der Waals surface area contributed by atoms with Crippen molar-refractivity contribution in [1.82, 2.24) is 9.80 Å². The molecule has 1 aromatic heterocycles. The predicted octanol–water partition coefficient (Wildman–Crippen LogP) is 2.73. The first-order valence-electron chi connectivity index (χ1n) is 8.88. The Morgan fingerprint density at radius 1 is 0.964 bits per heavy atom. The molecule has 0 saturated carbocycles. The number of amides is 5. The lowest BCUT2D eigenvalue weighted by molar-refractivity contribution is -0.143. The smallest absolute Gasteiger partial charge is 0.334 e. The molecule has 0 bridgehead atoms. The maximum Gasteiger partial charge on any atom is 0.334 e. The van der Waals surface area contributed by atoms with Gasteiger partial charge in [-0.1, -0.05) is 25.1 Å². The highest BCUT2D eigenvalue weighted by Gasteiger charge is 2.44. The molecule has 28 heavy (non-hydrogen) atoms. The fourth-order valence-corrected chi connectivity index (χ4v) is 3.26. The van der Waals surface area contributed by atoms with Gasteiger partial charge in [-0.3, -0.25) is 19.3 Å². The second-order valence-corrected chi connectivity index (χ2v) is 6.49. The zero-order chi connectivity index (χ0) is 19.8. The molecule has 1 aliphatic rings. The molecule has 2 aromatic carbocycles. The summed E-state index contributed by atoms with van der Waals surface area (Å²) in [7, 11) is 0. The van der Waals surface area contributed by atoms with Crippen LogP contribution < -0.4 is 5.32 Å². The Morgan fingerprint density at radius 3 is 2.46 bits per heavy atom. The molecular weight excluding hydrogens is 362 g/mol. The van der Waals surface area contributed by atoms with Gasteiger partial charge in [0, 0.05) is 23.0 Å². The molecule has 0 unspecified atom stereocenters. The Hall–Kier alpha value is -3.68. The summed E-state index contributed by atoms with van der Waals surface area (Å²) < 4.78 is 5.74. The van der Waals surface area contributed by atoms with Gasteiger partial charge in [-0.2, -0.15) is 0 Å². The number of nitrogens with zero attached hydrogens (tertiary/aromatic N) is 2. The van der Waals surface area contributed by atoms with Gasteiger partial charge in [0.15, 0.2) is 0 Å². The molecule has 1 N–H and O–H groups in total. The molecule has 0 spiro atoms. The van der Waals surface area contributed by atoms with Gasteiger partial charge in [-0.05, 0) is 30.7 Å². The number of anilines is 1. The highest BCUT2D eigenvalue weighted by atomic mass is 16.3. The maximum absolute atomic E-state index is 12.4. The Balaban J connectivity index is 1.52. The van der Waals surface area contributed by atoms with Gasteiger partial charge < -0.3 is 9.73 Å². The summed E-state index contributed by atoms with van der Waals surface area (Å²) in [6.07, 6.45) is 0.531. The van der Waals surface area contributed by atoms with Gasteiger partial charge >= 0.3 is 17.8 Å². The summed E-state index contributed by atoms with van der Waals surface area (Å²) in [5.41, 5.74) is 1.92. The van der Waals surface area contributed by atoms with E-state index in [9.17, 15) is 19.2 Å². The van der Waals surface area contributed by atoms with Crippen LogP contribution in [0.3, 0.4) is 0 Å². The minimum Gasteiger partial charge on any atom is -0.456 e. The van der Waals surface area contributed by atoms with Crippen LogP contribution in [-0.4, -0.2) is 46.6 Å². The van der Waals surface area contributed by atoms with Crippen molar-refractivity contribution < 1.29 is 23.6 Å². The molecule has 0 atom stereocenters. The summed E-state index contributed by atoms with van der Waals surface area (Å²) in [6, 6.07) is 12.0. The maximum atomic E-state index is 12.4. The second-order valence-electron chi connectivity index (χ2n) is 6.49. The number of carbonyl (C=O) groups is 4. The van der Waals surface area contributed by atoms with Crippen LogP contribution in [0, 0.1) is 0 Å². The quantitative estimate of drug-likeness (QED) is 0.543. The van der Waals surface area contributed by atoms with E-state index in [1.165, 1.54) is 0 Å². The van der Waals surface area contributed by atoms with Gasteiger partial charge in [0.05, 0.1) is 0 Å². The zero-order valence-electron chi connectivity index (χ0n) is 15.1. The molecule has 142 valence electrons. The minimum absolute atomic E-state index is 0.145. The van der Waals surface area contributed by atoms with Crippen LogP contribution in [0.25, 0.3) is 21.9 Å². The van der Waals surface area contributed by atoms with Crippen LogP contribution in [0.5, 0.6) is 0 Å². The lowest BCUT2D eigenvalue weighted by Gasteiger charge is -2.14. The molecule has 1 aliphatic heterocycles. The molecule has 3 aromatic rings. The van der Waals surface area contributed by atoms with Crippen molar-refractivity contribution in [2.75, 3.05) is 18.4 Å². The monoisotopic (exact) mass is 379 g/mol. The average molecular weight is 379 g/mol. The lowest BCUT2D eigenvalue weighted by Crippen LogP contribution is -2.39. The normalized spacial score (nSPS) is 14.5. The predicted molar refractivity (Wildman–Crippen MR) is 101 cm³/mol.